The Hall–Kier alpha value is -0.680. The second-order valence-corrected chi connectivity index (χ2v) is 5.01. The van der Waals surface area contributed by atoms with E-state index >= 15 is 0 Å². The SMILES string of the molecule is NCc1nnc(OCC2CCCCC2)s1. The monoisotopic (exact) mass is 227 g/mol. The van der Waals surface area contributed by atoms with Gasteiger partial charge in [-0.25, -0.2) is 0 Å². The van der Waals surface area contributed by atoms with Crippen LogP contribution in [-0.2, 0) is 6.54 Å². The Kier molecular flexibility index (Phi) is 3.91. The smallest absolute Gasteiger partial charge is 0.294 e. The molecular formula is C10H17N3OS. The number of nitrogens with zero attached hydrogens (tertiary/aromatic N) is 2. The van der Waals surface area contributed by atoms with E-state index < -0.39 is 0 Å². The Balaban J connectivity index is 1.76. The molecule has 84 valence electrons. The zero-order chi connectivity index (χ0) is 10.5. The zero-order valence-electron chi connectivity index (χ0n) is 8.82. The molecule has 4 nitrogen and oxygen atoms in total. The molecule has 0 aromatic carbocycles. The van der Waals surface area contributed by atoms with Gasteiger partial charge in [0.1, 0.15) is 5.01 Å². The summed E-state index contributed by atoms with van der Waals surface area (Å²) in [7, 11) is 0. The third-order valence-electron chi connectivity index (χ3n) is 2.79. The lowest BCUT2D eigenvalue weighted by Crippen LogP contribution is -2.15. The average molecular weight is 227 g/mol. The van der Waals surface area contributed by atoms with Crippen molar-refractivity contribution in [2.45, 2.75) is 38.6 Å². The summed E-state index contributed by atoms with van der Waals surface area (Å²) >= 11 is 1.45. The molecule has 0 aliphatic heterocycles. The first-order valence-electron chi connectivity index (χ1n) is 5.53. The molecule has 1 aromatic heterocycles. The summed E-state index contributed by atoms with van der Waals surface area (Å²) in [4.78, 5) is 0. The third kappa shape index (κ3) is 3.14. The van der Waals surface area contributed by atoms with Crippen LogP contribution in [0.15, 0.2) is 0 Å². The summed E-state index contributed by atoms with van der Waals surface area (Å²) in [6, 6.07) is 0. The summed E-state index contributed by atoms with van der Waals surface area (Å²) in [5.41, 5.74) is 5.45. The summed E-state index contributed by atoms with van der Waals surface area (Å²) in [6.45, 7) is 1.24. The quantitative estimate of drug-likeness (QED) is 0.854. The number of rotatable bonds is 4. The van der Waals surface area contributed by atoms with Crippen LogP contribution >= 0.6 is 11.3 Å². The highest BCUT2D eigenvalue weighted by molar-refractivity contribution is 7.13. The van der Waals surface area contributed by atoms with Crippen molar-refractivity contribution in [2.24, 2.45) is 11.7 Å². The Bertz CT molecular complexity index is 297. The van der Waals surface area contributed by atoms with Crippen LogP contribution in [0.25, 0.3) is 0 Å². The molecule has 0 unspecified atom stereocenters. The van der Waals surface area contributed by atoms with Gasteiger partial charge < -0.3 is 10.5 Å². The van der Waals surface area contributed by atoms with E-state index in [9.17, 15) is 0 Å². The maximum atomic E-state index is 5.62. The summed E-state index contributed by atoms with van der Waals surface area (Å²) in [6.07, 6.45) is 6.66. The van der Waals surface area contributed by atoms with Gasteiger partial charge in [-0.1, -0.05) is 30.6 Å². The first-order valence-corrected chi connectivity index (χ1v) is 6.35. The second-order valence-electron chi connectivity index (χ2n) is 3.98. The number of ether oxygens (including phenoxy) is 1. The molecule has 1 saturated carbocycles. The van der Waals surface area contributed by atoms with Gasteiger partial charge in [0.25, 0.3) is 5.19 Å². The lowest BCUT2D eigenvalue weighted by molar-refractivity contribution is 0.207. The van der Waals surface area contributed by atoms with Gasteiger partial charge in [0, 0.05) is 6.54 Å². The summed E-state index contributed by atoms with van der Waals surface area (Å²) in [5.74, 6) is 0.712. The number of nitrogens with two attached hydrogens (primary N) is 1. The fourth-order valence-corrected chi connectivity index (χ4v) is 2.50. The molecule has 0 radical (unpaired) electrons. The van der Waals surface area contributed by atoms with Gasteiger partial charge >= 0.3 is 0 Å². The highest BCUT2D eigenvalue weighted by Crippen LogP contribution is 2.25. The fourth-order valence-electron chi connectivity index (χ4n) is 1.92. The van der Waals surface area contributed by atoms with Gasteiger partial charge in [-0.15, -0.1) is 10.2 Å². The number of hydrogen-bond donors (Lipinski definition) is 1. The molecule has 0 bridgehead atoms. The van der Waals surface area contributed by atoms with Crippen molar-refractivity contribution < 1.29 is 4.74 Å². The van der Waals surface area contributed by atoms with Crippen molar-refractivity contribution in [3.05, 3.63) is 5.01 Å². The van der Waals surface area contributed by atoms with Crippen LogP contribution in [0.1, 0.15) is 37.1 Å². The lowest BCUT2D eigenvalue weighted by Gasteiger charge is -2.20. The van der Waals surface area contributed by atoms with Crippen LogP contribution in [-0.4, -0.2) is 16.8 Å². The highest BCUT2D eigenvalue weighted by atomic mass is 32.1. The van der Waals surface area contributed by atoms with E-state index in [1.54, 1.807) is 0 Å². The van der Waals surface area contributed by atoms with Crippen LogP contribution in [0.3, 0.4) is 0 Å². The standard InChI is InChI=1S/C10H17N3OS/c11-6-9-12-13-10(15-9)14-7-8-4-2-1-3-5-8/h8H,1-7,11H2. The van der Waals surface area contributed by atoms with Gasteiger partial charge in [-0.2, -0.15) is 0 Å². The molecule has 1 aliphatic carbocycles. The first-order chi connectivity index (χ1) is 7.38. The molecule has 1 fully saturated rings. The van der Waals surface area contributed by atoms with Crippen LogP contribution in [0.2, 0.25) is 0 Å². The van der Waals surface area contributed by atoms with Crippen molar-refractivity contribution in [2.75, 3.05) is 6.61 Å². The van der Waals surface area contributed by atoms with Gasteiger partial charge in [0.15, 0.2) is 0 Å². The Labute approximate surface area is 93.8 Å². The van der Waals surface area contributed by atoms with Crippen molar-refractivity contribution >= 4 is 11.3 Å². The van der Waals surface area contributed by atoms with Gasteiger partial charge in [0.05, 0.1) is 6.61 Å². The summed E-state index contributed by atoms with van der Waals surface area (Å²) < 4.78 is 5.62. The second kappa shape index (κ2) is 5.42. The minimum absolute atomic E-state index is 0.449. The van der Waals surface area contributed by atoms with Crippen molar-refractivity contribution in [3.8, 4) is 5.19 Å². The zero-order valence-corrected chi connectivity index (χ0v) is 9.63. The van der Waals surface area contributed by atoms with Crippen LogP contribution in [0, 0.1) is 5.92 Å². The largest absolute Gasteiger partial charge is 0.469 e. The van der Waals surface area contributed by atoms with Gasteiger partial charge in [0.2, 0.25) is 0 Å². The Morgan fingerprint density at radius 3 is 2.73 bits per heavy atom. The molecule has 2 N–H and O–H groups in total. The predicted molar refractivity (Wildman–Crippen MR) is 59.9 cm³/mol. The lowest BCUT2D eigenvalue weighted by atomic mass is 9.90. The normalized spacial score (nSPS) is 17.9. The van der Waals surface area contributed by atoms with E-state index in [4.69, 9.17) is 10.5 Å². The van der Waals surface area contributed by atoms with Gasteiger partial charge in [-0.05, 0) is 18.8 Å². The molecule has 2 rings (SSSR count). The van der Waals surface area contributed by atoms with Crippen molar-refractivity contribution in [3.63, 3.8) is 0 Å². The Morgan fingerprint density at radius 2 is 2.07 bits per heavy atom. The molecule has 0 amide bonds. The van der Waals surface area contributed by atoms with E-state index in [0.717, 1.165) is 11.6 Å². The number of hydrogen-bond acceptors (Lipinski definition) is 5. The maximum Gasteiger partial charge on any atom is 0.294 e. The summed E-state index contributed by atoms with van der Waals surface area (Å²) in [5, 5.41) is 9.36. The minimum Gasteiger partial charge on any atom is -0.469 e. The Morgan fingerprint density at radius 1 is 1.27 bits per heavy atom. The average Bonchev–Trinajstić information content (AvgIpc) is 2.76. The van der Waals surface area contributed by atoms with E-state index in [1.165, 1.54) is 43.4 Å². The highest BCUT2D eigenvalue weighted by Gasteiger charge is 2.14. The van der Waals surface area contributed by atoms with Crippen molar-refractivity contribution in [1.29, 1.82) is 0 Å². The molecule has 1 aromatic rings. The molecule has 0 spiro atoms. The third-order valence-corrected chi connectivity index (χ3v) is 3.65. The van der Waals surface area contributed by atoms with E-state index in [0.29, 0.717) is 17.7 Å². The van der Waals surface area contributed by atoms with E-state index in [-0.39, 0.29) is 0 Å². The predicted octanol–water partition coefficient (Wildman–Crippen LogP) is 1.96. The molecule has 1 aliphatic rings. The molecule has 0 saturated heterocycles. The fraction of sp³-hybridized carbons (Fsp3) is 0.800. The molecule has 15 heavy (non-hydrogen) atoms. The van der Waals surface area contributed by atoms with Crippen LogP contribution < -0.4 is 10.5 Å². The maximum absolute atomic E-state index is 5.62. The van der Waals surface area contributed by atoms with Gasteiger partial charge in [-0.3, -0.25) is 0 Å². The molecule has 1 heterocycles. The van der Waals surface area contributed by atoms with Crippen LogP contribution in [0.5, 0.6) is 5.19 Å². The van der Waals surface area contributed by atoms with Crippen molar-refractivity contribution in [1.82, 2.24) is 10.2 Å². The van der Waals surface area contributed by atoms with E-state index in [2.05, 4.69) is 10.2 Å². The number of aromatic nitrogens is 2. The topological polar surface area (TPSA) is 61.0 Å². The first kappa shape index (κ1) is 10.8. The van der Waals surface area contributed by atoms with Crippen LogP contribution in [0.4, 0.5) is 0 Å². The van der Waals surface area contributed by atoms with E-state index in [1.807, 2.05) is 0 Å². The minimum atomic E-state index is 0.449. The molecule has 0 atom stereocenters. The molecular weight excluding hydrogens is 210 g/mol. The molecule has 5 heteroatoms.